The van der Waals surface area contributed by atoms with Gasteiger partial charge >= 0.3 is 0 Å². The van der Waals surface area contributed by atoms with E-state index in [-0.39, 0.29) is 11.9 Å². The standard InChI is InChI=1S/C18H19FN4O2/c19-12-5-6-13-14(3-1-9-25-16(13)11-12)20-8-7-17-21-18(23-22-17)15-4-2-10-24-15/h2,4-6,10-11,14,20H,1,3,7-9H2,(H,21,22,23)/t14-/m0/s1. The van der Waals surface area contributed by atoms with Gasteiger partial charge < -0.3 is 14.5 Å². The molecule has 0 radical (unpaired) electrons. The van der Waals surface area contributed by atoms with Gasteiger partial charge in [-0.15, -0.1) is 0 Å². The first-order valence-corrected chi connectivity index (χ1v) is 8.40. The largest absolute Gasteiger partial charge is 0.493 e. The highest BCUT2D eigenvalue weighted by Gasteiger charge is 2.20. The lowest BCUT2D eigenvalue weighted by molar-refractivity contribution is 0.314. The Bertz CT molecular complexity index is 831. The van der Waals surface area contributed by atoms with Crippen LogP contribution in [-0.2, 0) is 6.42 Å². The summed E-state index contributed by atoms with van der Waals surface area (Å²) in [6.07, 6.45) is 4.19. The van der Waals surface area contributed by atoms with Crippen LogP contribution in [-0.4, -0.2) is 28.3 Å². The molecule has 1 aromatic carbocycles. The molecule has 0 saturated heterocycles. The summed E-state index contributed by atoms with van der Waals surface area (Å²) in [5.74, 6) is 2.36. The number of benzene rings is 1. The van der Waals surface area contributed by atoms with Crippen LogP contribution in [0.15, 0.2) is 41.0 Å². The predicted octanol–water partition coefficient (Wildman–Crippen LogP) is 3.25. The van der Waals surface area contributed by atoms with Crippen molar-refractivity contribution in [1.29, 1.82) is 0 Å². The molecule has 0 aliphatic carbocycles. The number of halogens is 1. The van der Waals surface area contributed by atoms with Gasteiger partial charge in [0.1, 0.15) is 17.4 Å². The predicted molar refractivity (Wildman–Crippen MR) is 89.7 cm³/mol. The molecule has 0 fully saturated rings. The third-order valence-electron chi connectivity index (χ3n) is 4.27. The Labute approximate surface area is 144 Å². The summed E-state index contributed by atoms with van der Waals surface area (Å²) in [7, 11) is 0. The Balaban J connectivity index is 1.39. The van der Waals surface area contributed by atoms with E-state index in [9.17, 15) is 4.39 Å². The molecule has 1 aliphatic rings. The van der Waals surface area contributed by atoms with E-state index >= 15 is 0 Å². The fourth-order valence-electron chi connectivity index (χ4n) is 3.05. The van der Waals surface area contributed by atoms with Crippen LogP contribution in [0, 0.1) is 5.82 Å². The first-order chi connectivity index (χ1) is 12.3. The topological polar surface area (TPSA) is 76.0 Å². The quantitative estimate of drug-likeness (QED) is 0.744. The van der Waals surface area contributed by atoms with Gasteiger partial charge in [-0.2, -0.15) is 5.10 Å². The molecule has 0 bridgehead atoms. The van der Waals surface area contributed by atoms with Crippen molar-refractivity contribution in [3.05, 3.63) is 53.8 Å². The normalized spacial score (nSPS) is 16.9. The van der Waals surface area contributed by atoms with Gasteiger partial charge in [0.15, 0.2) is 5.76 Å². The molecule has 1 atom stereocenters. The van der Waals surface area contributed by atoms with E-state index in [1.807, 2.05) is 6.07 Å². The molecule has 25 heavy (non-hydrogen) atoms. The van der Waals surface area contributed by atoms with E-state index in [0.717, 1.165) is 30.8 Å². The number of H-pyrrole nitrogens is 1. The molecule has 3 aromatic rings. The number of hydrogen-bond acceptors (Lipinski definition) is 5. The van der Waals surface area contributed by atoms with Gasteiger partial charge in [-0.1, -0.05) is 6.07 Å². The van der Waals surface area contributed by atoms with Gasteiger partial charge in [-0.05, 0) is 31.0 Å². The molecule has 0 unspecified atom stereocenters. The van der Waals surface area contributed by atoms with E-state index in [1.54, 1.807) is 18.4 Å². The second-order valence-corrected chi connectivity index (χ2v) is 6.01. The summed E-state index contributed by atoms with van der Waals surface area (Å²) in [5.41, 5.74) is 1.01. The number of fused-ring (bicyclic) bond motifs is 1. The molecule has 4 rings (SSSR count). The Hall–Kier alpha value is -2.67. The van der Waals surface area contributed by atoms with Crippen molar-refractivity contribution < 1.29 is 13.5 Å². The van der Waals surface area contributed by atoms with E-state index in [4.69, 9.17) is 9.15 Å². The van der Waals surface area contributed by atoms with Gasteiger partial charge in [0, 0.05) is 30.6 Å². The summed E-state index contributed by atoms with van der Waals surface area (Å²) in [5, 5.41) is 10.6. The number of rotatable bonds is 5. The van der Waals surface area contributed by atoms with Crippen LogP contribution in [0.1, 0.15) is 30.3 Å². The molecular weight excluding hydrogens is 323 g/mol. The summed E-state index contributed by atoms with van der Waals surface area (Å²) < 4.78 is 24.4. The van der Waals surface area contributed by atoms with Crippen molar-refractivity contribution in [3.8, 4) is 17.3 Å². The van der Waals surface area contributed by atoms with Crippen LogP contribution >= 0.6 is 0 Å². The lowest BCUT2D eigenvalue weighted by Crippen LogP contribution is -2.23. The van der Waals surface area contributed by atoms with E-state index in [2.05, 4.69) is 20.5 Å². The van der Waals surface area contributed by atoms with Crippen molar-refractivity contribution >= 4 is 0 Å². The monoisotopic (exact) mass is 342 g/mol. The number of hydrogen-bond donors (Lipinski definition) is 2. The van der Waals surface area contributed by atoms with Crippen LogP contribution in [0.4, 0.5) is 4.39 Å². The zero-order valence-corrected chi connectivity index (χ0v) is 13.7. The summed E-state index contributed by atoms with van der Waals surface area (Å²) in [6, 6.07) is 8.52. The van der Waals surface area contributed by atoms with Gasteiger partial charge in [0.25, 0.3) is 0 Å². The molecule has 6 nitrogen and oxygen atoms in total. The zero-order valence-electron chi connectivity index (χ0n) is 13.7. The molecule has 2 N–H and O–H groups in total. The first-order valence-electron chi connectivity index (χ1n) is 8.40. The second-order valence-electron chi connectivity index (χ2n) is 6.01. The van der Waals surface area contributed by atoms with Crippen LogP contribution in [0.3, 0.4) is 0 Å². The van der Waals surface area contributed by atoms with Crippen molar-refractivity contribution in [1.82, 2.24) is 20.5 Å². The van der Waals surface area contributed by atoms with Crippen LogP contribution < -0.4 is 10.1 Å². The first kappa shape index (κ1) is 15.8. The van der Waals surface area contributed by atoms with Gasteiger partial charge in [-0.25, -0.2) is 9.37 Å². The number of nitrogens with zero attached hydrogens (tertiary/aromatic N) is 2. The lowest BCUT2D eigenvalue weighted by Gasteiger charge is -2.18. The highest BCUT2D eigenvalue weighted by atomic mass is 19.1. The van der Waals surface area contributed by atoms with Crippen LogP contribution in [0.2, 0.25) is 0 Å². The molecule has 1 aliphatic heterocycles. The van der Waals surface area contributed by atoms with Crippen molar-refractivity contribution in [2.75, 3.05) is 13.2 Å². The highest BCUT2D eigenvalue weighted by molar-refractivity contribution is 5.45. The van der Waals surface area contributed by atoms with Crippen LogP contribution in [0.25, 0.3) is 11.6 Å². The maximum absolute atomic E-state index is 13.4. The fraction of sp³-hybridized carbons (Fsp3) is 0.333. The average molecular weight is 342 g/mol. The SMILES string of the molecule is Fc1ccc2c(c1)OCCC[C@@H]2NCCc1nc(-c2ccco2)n[nH]1. The van der Waals surface area contributed by atoms with Gasteiger partial charge in [0.2, 0.25) is 5.82 Å². The second kappa shape index (κ2) is 7.06. The lowest BCUT2D eigenvalue weighted by atomic mass is 10.0. The highest BCUT2D eigenvalue weighted by Crippen LogP contribution is 2.31. The molecular formula is C18H19FN4O2. The molecule has 130 valence electrons. The average Bonchev–Trinajstić information content (AvgIpc) is 3.25. The zero-order chi connectivity index (χ0) is 17.1. The molecule has 0 spiro atoms. The number of ether oxygens (including phenoxy) is 1. The Morgan fingerprint density at radius 3 is 3.16 bits per heavy atom. The molecule has 2 aromatic heterocycles. The summed E-state index contributed by atoms with van der Waals surface area (Å²) in [6.45, 7) is 1.34. The van der Waals surface area contributed by atoms with E-state index < -0.39 is 0 Å². The molecule has 3 heterocycles. The number of furan rings is 1. The van der Waals surface area contributed by atoms with E-state index in [1.165, 1.54) is 12.1 Å². The minimum Gasteiger partial charge on any atom is -0.493 e. The third-order valence-corrected chi connectivity index (χ3v) is 4.27. The minimum atomic E-state index is -0.272. The molecule has 0 saturated carbocycles. The van der Waals surface area contributed by atoms with Crippen molar-refractivity contribution in [2.24, 2.45) is 0 Å². The Morgan fingerprint density at radius 1 is 1.32 bits per heavy atom. The summed E-state index contributed by atoms with van der Waals surface area (Å²) in [4.78, 5) is 4.44. The minimum absolute atomic E-state index is 0.144. The van der Waals surface area contributed by atoms with E-state index in [0.29, 0.717) is 30.4 Å². The number of aromatic nitrogens is 3. The van der Waals surface area contributed by atoms with Gasteiger partial charge in [-0.3, -0.25) is 5.10 Å². The Kier molecular flexibility index (Phi) is 4.47. The molecule has 0 amide bonds. The van der Waals surface area contributed by atoms with Gasteiger partial charge in [0.05, 0.1) is 12.9 Å². The molecule has 7 heteroatoms. The Morgan fingerprint density at radius 2 is 2.28 bits per heavy atom. The van der Waals surface area contributed by atoms with Crippen molar-refractivity contribution in [3.63, 3.8) is 0 Å². The third kappa shape index (κ3) is 3.56. The van der Waals surface area contributed by atoms with Crippen molar-refractivity contribution in [2.45, 2.75) is 25.3 Å². The maximum atomic E-state index is 13.4. The number of aromatic amines is 1. The maximum Gasteiger partial charge on any atom is 0.216 e. The fourth-order valence-corrected chi connectivity index (χ4v) is 3.05. The number of nitrogens with one attached hydrogen (secondary N) is 2. The van der Waals surface area contributed by atoms with Crippen LogP contribution in [0.5, 0.6) is 5.75 Å². The smallest absolute Gasteiger partial charge is 0.216 e. The summed E-state index contributed by atoms with van der Waals surface area (Å²) >= 11 is 0.